The van der Waals surface area contributed by atoms with Crippen molar-refractivity contribution in [2.75, 3.05) is 20.3 Å². The summed E-state index contributed by atoms with van der Waals surface area (Å²) in [6.45, 7) is 7.20. The van der Waals surface area contributed by atoms with Crippen LogP contribution in [0.5, 0.6) is 17.2 Å². The first kappa shape index (κ1) is 28.5. The Morgan fingerprint density at radius 3 is 2.41 bits per heavy atom. The fourth-order valence-corrected chi connectivity index (χ4v) is 5.36. The maximum Gasteiger partial charge on any atom is 0.350 e. The van der Waals surface area contributed by atoms with E-state index in [0.717, 1.165) is 16.3 Å². The molecule has 44 heavy (non-hydrogen) atoms. The Bertz CT molecular complexity index is 1960. The third-order valence-corrected chi connectivity index (χ3v) is 8.26. The first-order valence-corrected chi connectivity index (χ1v) is 14.2. The minimum absolute atomic E-state index is 0.0190. The van der Waals surface area contributed by atoms with Crippen LogP contribution in [-0.2, 0) is 14.2 Å². The van der Waals surface area contributed by atoms with Crippen molar-refractivity contribution in [3.05, 3.63) is 71.0 Å². The van der Waals surface area contributed by atoms with Crippen molar-refractivity contribution in [3.63, 3.8) is 0 Å². The molecule has 1 N–H and O–H groups in total. The van der Waals surface area contributed by atoms with Crippen LogP contribution in [0.15, 0.2) is 73.0 Å². The quantitative estimate of drug-likeness (QED) is 0.216. The van der Waals surface area contributed by atoms with E-state index in [2.05, 4.69) is 0 Å². The van der Waals surface area contributed by atoms with Gasteiger partial charge in [0.2, 0.25) is 11.5 Å². The van der Waals surface area contributed by atoms with Crippen molar-refractivity contribution in [1.29, 1.82) is 0 Å². The molecule has 1 saturated heterocycles. The first-order valence-electron chi connectivity index (χ1n) is 14.2. The number of hydrogen-bond donors (Lipinski definition) is 1. The summed E-state index contributed by atoms with van der Waals surface area (Å²) in [5.74, 6) is -0.686. The van der Waals surface area contributed by atoms with E-state index in [-0.39, 0.29) is 18.8 Å². The van der Waals surface area contributed by atoms with Crippen molar-refractivity contribution < 1.29 is 46.8 Å². The predicted octanol–water partition coefficient (Wildman–Crippen LogP) is 5.78. The highest BCUT2D eigenvalue weighted by Crippen LogP contribution is 2.49. The number of fused-ring (bicyclic) bond motifs is 4. The molecule has 1 unspecified atom stereocenters. The van der Waals surface area contributed by atoms with E-state index in [1.165, 1.54) is 13.2 Å². The van der Waals surface area contributed by atoms with Crippen LogP contribution in [0, 0.1) is 0 Å². The summed E-state index contributed by atoms with van der Waals surface area (Å²) in [7, 11) is 1.53. The molecule has 11 heteroatoms. The topological polar surface area (TPSA) is 132 Å². The number of methoxy groups -OCH3 is 1. The summed E-state index contributed by atoms with van der Waals surface area (Å²) in [5, 5.41) is 13.0. The van der Waals surface area contributed by atoms with Crippen LogP contribution >= 0.6 is 0 Å². The molecule has 0 saturated carbocycles. The minimum Gasteiger partial charge on any atom is -0.483 e. The largest absolute Gasteiger partial charge is 0.483 e. The van der Waals surface area contributed by atoms with Crippen LogP contribution in [0.1, 0.15) is 33.3 Å². The van der Waals surface area contributed by atoms with Crippen molar-refractivity contribution in [3.8, 4) is 17.2 Å². The number of aliphatic hydroxyl groups excluding tert-OH is 1. The molecule has 3 atom stereocenters. The Hall–Kier alpha value is -4.29. The second kappa shape index (κ2) is 10.1. The lowest BCUT2D eigenvalue weighted by Crippen LogP contribution is -2.42. The van der Waals surface area contributed by atoms with Gasteiger partial charge >= 0.3 is 11.6 Å². The predicted molar refractivity (Wildman–Crippen MR) is 159 cm³/mol. The molecule has 0 aliphatic carbocycles. The fraction of sp³-hybridized carbons (Fsp3) is 0.364. The van der Waals surface area contributed by atoms with Gasteiger partial charge in [0.15, 0.2) is 22.5 Å². The number of benzene rings is 2. The monoisotopic (exact) mass is 604 g/mol. The van der Waals surface area contributed by atoms with Gasteiger partial charge in [-0.1, -0.05) is 0 Å². The normalized spacial score (nSPS) is 21.6. The number of aliphatic hydroxyl groups is 1. The lowest BCUT2D eigenvalue weighted by molar-refractivity contribution is -0.271. The maximum atomic E-state index is 12.1. The molecular weight excluding hydrogens is 572 g/mol. The summed E-state index contributed by atoms with van der Waals surface area (Å²) in [6, 6.07) is 10.4. The zero-order valence-electron chi connectivity index (χ0n) is 24.9. The Morgan fingerprint density at radius 1 is 0.955 bits per heavy atom. The summed E-state index contributed by atoms with van der Waals surface area (Å²) in [4.78, 5) is 12.1. The SMILES string of the molecule is COC(C)(C)C(O)COc1c2c(cc3ccoc13)C=C[C@]1(O2)O[C@@H](COc2c3occc3cc3ccc(=O)oc23)C(C)(C)O1. The van der Waals surface area contributed by atoms with Gasteiger partial charge in [0.1, 0.15) is 25.4 Å². The van der Waals surface area contributed by atoms with Gasteiger partial charge < -0.3 is 46.8 Å². The molecule has 11 nitrogen and oxygen atoms in total. The lowest BCUT2D eigenvalue weighted by Gasteiger charge is -2.32. The fourth-order valence-electron chi connectivity index (χ4n) is 5.36. The molecule has 0 radical (unpaired) electrons. The van der Waals surface area contributed by atoms with E-state index in [1.807, 2.05) is 44.2 Å². The summed E-state index contributed by atoms with van der Waals surface area (Å²) in [6.07, 6.45) is 5.05. The Morgan fingerprint density at radius 2 is 1.66 bits per heavy atom. The van der Waals surface area contributed by atoms with Gasteiger partial charge in [0, 0.05) is 41.0 Å². The lowest BCUT2D eigenvalue weighted by atomic mass is 10.0. The van der Waals surface area contributed by atoms with E-state index in [4.69, 9.17) is 41.7 Å². The summed E-state index contributed by atoms with van der Waals surface area (Å²) < 4.78 is 54.0. The average Bonchev–Trinajstić information content (AvgIpc) is 3.71. The third-order valence-electron chi connectivity index (χ3n) is 8.26. The number of hydrogen-bond acceptors (Lipinski definition) is 11. The smallest absolute Gasteiger partial charge is 0.350 e. The van der Waals surface area contributed by atoms with Crippen molar-refractivity contribution in [1.82, 2.24) is 0 Å². The maximum absolute atomic E-state index is 12.1. The van der Waals surface area contributed by atoms with Gasteiger partial charge in [-0.2, -0.15) is 0 Å². The van der Waals surface area contributed by atoms with E-state index < -0.39 is 35.0 Å². The highest BCUT2D eigenvalue weighted by molar-refractivity contribution is 6.00. The molecule has 5 aromatic rings. The van der Waals surface area contributed by atoms with E-state index in [1.54, 1.807) is 38.5 Å². The number of rotatable bonds is 8. The molecule has 230 valence electrons. The molecule has 0 bridgehead atoms. The Kier molecular flexibility index (Phi) is 6.56. The molecule has 2 aromatic carbocycles. The van der Waals surface area contributed by atoms with Gasteiger partial charge in [0.05, 0.1) is 23.7 Å². The van der Waals surface area contributed by atoms with Crippen LogP contribution < -0.4 is 19.8 Å². The Labute approximate surface area is 251 Å². The second-order valence-corrected chi connectivity index (χ2v) is 12.0. The molecule has 5 heterocycles. The molecule has 2 aliphatic heterocycles. The number of furan rings is 2. The molecule has 3 aromatic heterocycles. The van der Waals surface area contributed by atoms with Crippen LogP contribution in [0.2, 0.25) is 0 Å². The van der Waals surface area contributed by atoms with Crippen LogP contribution in [0.3, 0.4) is 0 Å². The summed E-state index contributed by atoms with van der Waals surface area (Å²) in [5.41, 5.74) is -0.341. The molecule has 2 aliphatic rings. The molecule has 1 fully saturated rings. The van der Waals surface area contributed by atoms with Gasteiger partial charge in [-0.05, 0) is 64.1 Å². The molecule has 7 rings (SSSR count). The molecular formula is C33H32O11. The van der Waals surface area contributed by atoms with Crippen molar-refractivity contribution in [2.24, 2.45) is 0 Å². The zero-order chi connectivity index (χ0) is 30.9. The van der Waals surface area contributed by atoms with Gasteiger partial charge in [-0.3, -0.25) is 0 Å². The zero-order valence-corrected chi connectivity index (χ0v) is 24.9. The first-order chi connectivity index (χ1) is 21.0. The van der Waals surface area contributed by atoms with E-state index in [9.17, 15) is 9.90 Å². The summed E-state index contributed by atoms with van der Waals surface area (Å²) >= 11 is 0. The third kappa shape index (κ3) is 4.72. The van der Waals surface area contributed by atoms with E-state index >= 15 is 0 Å². The number of ether oxygens (including phenoxy) is 6. The standard InChI is InChI=1S/C33H32O11/c1-31(2,36-5)22(34)16-39-30-26-21(10-13-38-26)15-19-8-11-33(43-28(19)30)42-23(32(3,4)44-33)17-40-29-25-20(9-12-37-25)14-18-6-7-24(35)41-27(18)29/h6-15,22-23,34H,16-17H2,1-5H3/t22?,23-,33+/m0/s1. The van der Waals surface area contributed by atoms with Crippen LogP contribution in [0.25, 0.3) is 39.0 Å². The molecule has 1 spiro atoms. The van der Waals surface area contributed by atoms with Crippen molar-refractivity contribution in [2.45, 2.75) is 57.1 Å². The van der Waals surface area contributed by atoms with E-state index in [0.29, 0.717) is 33.8 Å². The highest BCUT2D eigenvalue weighted by atomic mass is 16.9. The highest BCUT2D eigenvalue weighted by Gasteiger charge is 2.55. The van der Waals surface area contributed by atoms with Gasteiger partial charge in [-0.15, -0.1) is 0 Å². The van der Waals surface area contributed by atoms with Crippen LogP contribution in [0.4, 0.5) is 0 Å². The minimum atomic E-state index is -1.61. The van der Waals surface area contributed by atoms with Gasteiger partial charge in [-0.25, -0.2) is 4.79 Å². The van der Waals surface area contributed by atoms with Crippen LogP contribution in [-0.4, -0.2) is 54.8 Å². The molecule has 0 amide bonds. The second-order valence-electron chi connectivity index (χ2n) is 12.0. The van der Waals surface area contributed by atoms with Crippen molar-refractivity contribution >= 4 is 39.0 Å². The average molecular weight is 605 g/mol. The van der Waals surface area contributed by atoms with Gasteiger partial charge in [0.25, 0.3) is 0 Å². The Balaban J connectivity index is 1.18.